The summed E-state index contributed by atoms with van der Waals surface area (Å²) in [6.07, 6.45) is 4.93. The predicted octanol–water partition coefficient (Wildman–Crippen LogP) is 5.03. The van der Waals surface area contributed by atoms with Gasteiger partial charge in [-0.25, -0.2) is 13.8 Å². The van der Waals surface area contributed by atoms with Crippen molar-refractivity contribution in [2.45, 2.75) is 43.8 Å². The van der Waals surface area contributed by atoms with E-state index in [0.717, 1.165) is 36.9 Å². The molecule has 0 saturated heterocycles. The number of aromatic nitrogens is 4. The third-order valence-corrected chi connectivity index (χ3v) is 8.24. The van der Waals surface area contributed by atoms with Gasteiger partial charge >= 0.3 is 0 Å². The molecular formula is C30H30F2N6O2. The van der Waals surface area contributed by atoms with E-state index in [9.17, 15) is 4.79 Å². The lowest BCUT2D eigenvalue weighted by atomic mass is 9.89. The number of carbonyl (C=O) groups excluding carboxylic acids is 1. The minimum absolute atomic E-state index is 0.222. The second-order valence-corrected chi connectivity index (χ2v) is 11.1. The van der Waals surface area contributed by atoms with Crippen LogP contribution in [0.1, 0.15) is 64.6 Å². The Kier molecular flexibility index (Phi) is 5.94. The molecule has 7 rings (SSSR count). The normalized spacial score (nSPS) is 18.1. The Morgan fingerprint density at radius 1 is 1.15 bits per heavy atom. The first kappa shape index (κ1) is 25.2. The van der Waals surface area contributed by atoms with E-state index >= 15 is 8.78 Å². The van der Waals surface area contributed by atoms with E-state index in [-0.39, 0.29) is 23.6 Å². The fraction of sp³-hybridized carbons (Fsp3) is 0.400. The zero-order valence-electron chi connectivity index (χ0n) is 22.5. The third-order valence-electron chi connectivity index (χ3n) is 8.24. The highest BCUT2D eigenvalue weighted by molar-refractivity contribution is 6.27. The van der Waals surface area contributed by atoms with Crippen LogP contribution in [0, 0.1) is 11.7 Å². The summed E-state index contributed by atoms with van der Waals surface area (Å²) in [5.74, 6) is -0.106. The van der Waals surface area contributed by atoms with E-state index in [0.29, 0.717) is 53.1 Å². The van der Waals surface area contributed by atoms with Crippen LogP contribution in [0.15, 0.2) is 42.7 Å². The highest BCUT2D eigenvalue weighted by Gasteiger charge is 2.52. The molecule has 4 aromatic rings. The van der Waals surface area contributed by atoms with E-state index in [1.807, 2.05) is 12.1 Å². The number of benzene rings is 2. The van der Waals surface area contributed by atoms with Gasteiger partial charge in [0, 0.05) is 61.1 Å². The van der Waals surface area contributed by atoms with Crippen molar-refractivity contribution in [2.75, 3.05) is 25.2 Å². The number of pyridine rings is 1. The second-order valence-electron chi connectivity index (χ2n) is 11.1. The monoisotopic (exact) mass is 544 g/mol. The molecule has 2 aromatic heterocycles. The van der Waals surface area contributed by atoms with Crippen molar-refractivity contribution in [2.24, 2.45) is 13.0 Å². The first-order chi connectivity index (χ1) is 19.4. The topological polar surface area (TPSA) is 85.2 Å². The van der Waals surface area contributed by atoms with Crippen LogP contribution in [-0.2, 0) is 24.0 Å². The predicted molar refractivity (Wildman–Crippen MR) is 146 cm³/mol. The van der Waals surface area contributed by atoms with E-state index in [1.54, 1.807) is 36.9 Å². The van der Waals surface area contributed by atoms with Crippen molar-refractivity contribution < 1.29 is 18.3 Å². The van der Waals surface area contributed by atoms with Crippen molar-refractivity contribution in [1.29, 1.82) is 0 Å². The van der Waals surface area contributed by atoms with Gasteiger partial charge in [-0.15, -0.1) is 10.2 Å². The van der Waals surface area contributed by atoms with Crippen molar-refractivity contribution >= 4 is 28.2 Å². The Bertz CT molecular complexity index is 1650. The van der Waals surface area contributed by atoms with Crippen LogP contribution in [0.3, 0.4) is 0 Å². The number of nitrogens with zero attached hydrogens (tertiary/aromatic N) is 5. The van der Waals surface area contributed by atoms with Gasteiger partial charge in [-0.1, -0.05) is 0 Å². The molecule has 206 valence electrons. The summed E-state index contributed by atoms with van der Waals surface area (Å²) >= 11 is 0. The molecule has 3 aliphatic rings. The number of alkyl halides is 1. The number of hydrogen-bond donors (Lipinski definition) is 1. The minimum Gasteiger partial charge on any atom is -0.383 e. The molecule has 2 saturated carbocycles. The molecule has 1 unspecified atom stereocenters. The number of methoxy groups -OCH3 is 1. The number of aryl methyl sites for hydroxylation is 1. The van der Waals surface area contributed by atoms with E-state index in [1.165, 1.54) is 17.3 Å². The van der Waals surface area contributed by atoms with Crippen LogP contribution in [-0.4, -0.2) is 45.9 Å². The van der Waals surface area contributed by atoms with Crippen molar-refractivity contribution in [3.05, 3.63) is 76.8 Å². The maximum absolute atomic E-state index is 17.2. The molecule has 0 radical (unpaired) electrons. The number of carbonyl (C=O) groups is 1. The Labute approximate surface area is 230 Å². The Morgan fingerprint density at radius 2 is 1.98 bits per heavy atom. The Balaban J connectivity index is 1.35. The summed E-state index contributed by atoms with van der Waals surface area (Å²) in [6.45, 7) is 1.64. The van der Waals surface area contributed by atoms with Gasteiger partial charge in [-0.3, -0.25) is 9.69 Å². The van der Waals surface area contributed by atoms with Crippen LogP contribution in [0.2, 0.25) is 0 Å². The molecule has 1 N–H and O–H groups in total. The zero-order chi connectivity index (χ0) is 27.6. The second kappa shape index (κ2) is 9.42. The molecule has 40 heavy (non-hydrogen) atoms. The van der Waals surface area contributed by atoms with Crippen LogP contribution in [0.5, 0.6) is 0 Å². The first-order valence-corrected chi connectivity index (χ1v) is 13.7. The molecule has 8 nitrogen and oxygen atoms in total. The van der Waals surface area contributed by atoms with Gasteiger partial charge in [0.1, 0.15) is 18.0 Å². The molecule has 0 bridgehead atoms. The SMILES string of the molecule is COCCNCc1cc2c3c(ccc(F)c3c1)N(c1cc(C(F)(c3nncn3C)C3CC3)cc(C3CC3)n1)C2=O. The van der Waals surface area contributed by atoms with E-state index in [2.05, 4.69) is 15.5 Å². The third kappa shape index (κ3) is 4.00. The largest absolute Gasteiger partial charge is 0.383 e. The van der Waals surface area contributed by atoms with Crippen LogP contribution in [0.25, 0.3) is 10.8 Å². The molecule has 0 spiro atoms. The highest BCUT2D eigenvalue weighted by Crippen LogP contribution is 2.54. The molecule has 1 amide bonds. The number of amides is 1. The molecular weight excluding hydrogens is 514 g/mol. The number of ether oxygens (including phenoxy) is 1. The summed E-state index contributed by atoms with van der Waals surface area (Å²) < 4.78 is 39.0. The average molecular weight is 545 g/mol. The maximum Gasteiger partial charge on any atom is 0.264 e. The van der Waals surface area contributed by atoms with E-state index in [4.69, 9.17) is 9.72 Å². The van der Waals surface area contributed by atoms with Crippen molar-refractivity contribution in [3.8, 4) is 0 Å². The smallest absolute Gasteiger partial charge is 0.264 e. The molecule has 2 fully saturated rings. The van der Waals surface area contributed by atoms with Crippen LogP contribution < -0.4 is 10.2 Å². The molecule has 10 heteroatoms. The van der Waals surface area contributed by atoms with Gasteiger partial charge in [0.25, 0.3) is 5.91 Å². The fourth-order valence-electron chi connectivity index (χ4n) is 5.90. The lowest BCUT2D eigenvalue weighted by Crippen LogP contribution is -2.30. The lowest BCUT2D eigenvalue weighted by molar-refractivity contribution is 0.100. The maximum atomic E-state index is 17.2. The van der Waals surface area contributed by atoms with Gasteiger partial charge in [-0.2, -0.15) is 0 Å². The number of hydrogen-bond acceptors (Lipinski definition) is 6. The summed E-state index contributed by atoms with van der Waals surface area (Å²) in [6, 6.07) is 10.1. The fourth-order valence-corrected chi connectivity index (χ4v) is 5.90. The van der Waals surface area contributed by atoms with E-state index < -0.39 is 11.5 Å². The van der Waals surface area contributed by atoms with Crippen molar-refractivity contribution in [1.82, 2.24) is 25.1 Å². The Morgan fingerprint density at radius 3 is 2.67 bits per heavy atom. The van der Waals surface area contributed by atoms with Gasteiger partial charge in [0.2, 0.25) is 0 Å². The summed E-state index contributed by atoms with van der Waals surface area (Å²) in [7, 11) is 3.37. The quantitative estimate of drug-likeness (QED) is 0.282. The number of anilines is 2. The standard InChI is InChI=1S/C30H30F2N6O2/c1-37-16-34-36-29(37)30(32,19-5-6-19)20-13-24(18-3-4-18)35-26(14-20)38-25-8-7-23(31)21-11-17(15-33-9-10-40-2)12-22(27(21)25)28(38)39/h7-8,11-14,16,18-19,33H,3-6,9-10,15H2,1-2H3. The highest BCUT2D eigenvalue weighted by atomic mass is 19.1. The van der Waals surface area contributed by atoms with Gasteiger partial charge in [-0.05, 0) is 67.6 Å². The molecule has 3 heterocycles. The van der Waals surface area contributed by atoms with Gasteiger partial charge < -0.3 is 14.6 Å². The van der Waals surface area contributed by atoms with Crippen LogP contribution in [0.4, 0.5) is 20.3 Å². The summed E-state index contributed by atoms with van der Waals surface area (Å²) in [5.41, 5.74) is 1.10. The molecule has 1 aliphatic heterocycles. The Hall–Kier alpha value is -3.76. The summed E-state index contributed by atoms with van der Waals surface area (Å²) in [5, 5.41) is 12.3. The van der Waals surface area contributed by atoms with Gasteiger partial charge in [0.15, 0.2) is 11.5 Å². The number of nitrogens with one attached hydrogen (secondary N) is 1. The number of rotatable bonds is 10. The minimum atomic E-state index is -1.86. The average Bonchev–Trinajstić information content (AvgIpc) is 3.89. The van der Waals surface area contributed by atoms with Crippen LogP contribution >= 0.6 is 0 Å². The molecule has 1 atom stereocenters. The van der Waals surface area contributed by atoms with Gasteiger partial charge in [0.05, 0.1) is 17.9 Å². The summed E-state index contributed by atoms with van der Waals surface area (Å²) in [4.78, 5) is 20.4. The first-order valence-electron chi connectivity index (χ1n) is 13.7. The lowest BCUT2D eigenvalue weighted by Gasteiger charge is -2.27. The number of halogens is 2. The molecule has 2 aromatic carbocycles. The van der Waals surface area contributed by atoms with Crippen molar-refractivity contribution in [3.63, 3.8) is 0 Å². The molecule has 2 aliphatic carbocycles. The zero-order valence-corrected chi connectivity index (χ0v) is 22.5.